The van der Waals surface area contributed by atoms with Gasteiger partial charge in [-0.2, -0.15) is 5.10 Å². The van der Waals surface area contributed by atoms with E-state index in [1.54, 1.807) is 6.20 Å². The van der Waals surface area contributed by atoms with Gasteiger partial charge in [0, 0.05) is 30.8 Å². The number of piperidine rings is 1. The third-order valence-corrected chi connectivity index (χ3v) is 6.50. The molecule has 0 aromatic carbocycles. The van der Waals surface area contributed by atoms with E-state index in [1.165, 1.54) is 12.8 Å². The van der Waals surface area contributed by atoms with Crippen LogP contribution in [0.4, 0.5) is 5.69 Å². The number of hydrogen-bond donors (Lipinski definition) is 2. The number of nitrogens with zero attached hydrogens (tertiary/aromatic N) is 2. The van der Waals surface area contributed by atoms with Crippen molar-refractivity contribution >= 4 is 17.5 Å². The molecule has 2 N–H and O–H groups in total. The van der Waals surface area contributed by atoms with Gasteiger partial charge in [-0.25, -0.2) is 0 Å². The van der Waals surface area contributed by atoms with Crippen molar-refractivity contribution in [2.24, 2.45) is 11.8 Å². The molecular weight excluding hydrogens is 328 g/mol. The van der Waals surface area contributed by atoms with Crippen molar-refractivity contribution in [3.8, 4) is 0 Å². The number of aromatic nitrogens is 2. The van der Waals surface area contributed by atoms with E-state index < -0.39 is 0 Å². The molecule has 1 aromatic rings. The second kappa shape index (κ2) is 7.80. The Balaban J connectivity index is 1.41. The Hall–Kier alpha value is -1.85. The molecule has 142 valence electrons. The van der Waals surface area contributed by atoms with Gasteiger partial charge in [-0.15, -0.1) is 0 Å². The maximum absolute atomic E-state index is 12.8. The Morgan fingerprint density at radius 1 is 1.00 bits per heavy atom. The number of aromatic amines is 1. The predicted octanol–water partition coefficient (Wildman–Crippen LogP) is 3.43. The van der Waals surface area contributed by atoms with Crippen LogP contribution in [0.1, 0.15) is 75.8 Å². The monoisotopic (exact) mass is 358 g/mol. The number of H-pyrrole nitrogens is 1. The van der Waals surface area contributed by atoms with Gasteiger partial charge in [-0.05, 0) is 38.5 Å². The minimum absolute atomic E-state index is 0.125. The van der Waals surface area contributed by atoms with Crippen LogP contribution in [0.3, 0.4) is 0 Å². The third-order valence-electron chi connectivity index (χ3n) is 6.50. The lowest BCUT2D eigenvalue weighted by atomic mass is 9.92. The van der Waals surface area contributed by atoms with Gasteiger partial charge in [-0.3, -0.25) is 14.7 Å². The van der Waals surface area contributed by atoms with Crippen LogP contribution >= 0.6 is 0 Å². The number of carbonyl (C=O) groups excluding carboxylic acids is 2. The van der Waals surface area contributed by atoms with E-state index in [0.717, 1.165) is 75.8 Å². The molecule has 6 nitrogen and oxygen atoms in total. The second-order valence-corrected chi connectivity index (χ2v) is 8.27. The standard InChI is InChI=1S/C20H30N4O2/c25-19(14-6-1-2-7-14)22-17-12-21-23-18(17)16-10-5-11-24(13-16)20(26)15-8-3-4-9-15/h12,14-16H,1-11,13H2,(H,21,23)(H,22,25)/t16-/m1/s1. The van der Waals surface area contributed by atoms with Crippen molar-refractivity contribution in [1.29, 1.82) is 0 Å². The number of amides is 2. The molecule has 2 amide bonds. The average Bonchev–Trinajstić information content (AvgIpc) is 3.43. The van der Waals surface area contributed by atoms with Crippen LogP contribution in [0, 0.1) is 11.8 Å². The number of likely N-dealkylation sites (tertiary alicyclic amines) is 1. The van der Waals surface area contributed by atoms with E-state index in [0.29, 0.717) is 5.91 Å². The fourth-order valence-electron chi connectivity index (χ4n) is 4.97. The van der Waals surface area contributed by atoms with E-state index in [1.807, 2.05) is 4.90 Å². The SMILES string of the molecule is O=C(Nc1cn[nH]c1[C@@H]1CCCN(C(=O)C2CCCC2)C1)C1CCCC1. The summed E-state index contributed by atoms with van der Waals surface area (Å²) in [6.07, 6.45) is 12.5. The summed E-state index contributed by atoms with van der Waals surface area (Å²) in [5.74, 6) is 1.07. The largest absolute Gasteiger partial charge is 0.342 e. The summed E-state index contributed by atoms with van der Waals surface area (Å²) < 4.78 is 0. The van der Waals surface area contributed by atoms with Gasteiger partial charge in [0.2, 0.25) is 11.8 Å². The molecule has 0 unspecified atom stereocenters. The zero-order chi connectivity index (χ0) is 17.9. The molecule has 2 saturated carbocycles. The zero-order valence-corrected chi connectivity index (χ0v) is 15.5. The van der Waals surface area contributed by atoms with Crippen LogP contribution in [0.15, 0.2) is 6.20 Å². The van der Waals surface area contributed by atoms with Gasteiger partial charge in [0.1, 0.15) is 0 Å². The van der Waals surface area contributed by atoms with Crippen LogP contribution in [0.5, 0.6) is 0 Å². The number of rotatable bonds is 4. The molecule has 0 radical (unpaired) electrons. The number of nitrogens with one attached hydrogen (secondary N) is 2. The fraction of sp³-hybridized carbons (Fsp3) is 0.750. The summed E-state index contributed by atoms with van der Waals surface area (Å²) >= 11 is 0. The third kappa shape index (κ3) is 3.64. The van der Waals surface area contributed by atoms with E-state index in [-0.39, 0.29) is 23.7 Å². The zero-order valence-electron chi connectivity index (χ0n) is 15.5. The van der Waals surface area contributed by atoms with E-state index in [2.05, 4.69) is 15.5 Å². The maximum Gasteiger partial charge on any atom is 0.227 e. The summed E-state index contributed by atoms with van der Waals surface area (Å²) in [4.78, 5) is 27.3. The molecule has 1 saturated heterocycles. The van der Waals surface area contributed by atoms with Gasteiger partial charge in [0.15, 0.2) is 0 Å². The highest BCUT2D eigenvalue weighted by atomic mass is 16.2. The Kier molecular flexibility index (Phi) is 5.27. The molecule has 26 heavy (non-hydrogen) atoms. The minimum atomic E-state index is 0.125. The number of anilines is 1. The fourth-order valence-corrected chi connectivity index (χ4v) is 4.97. The van der Waals surface area contributed by atoms with Crippen molar-refractivity contribution in [2.45, 2.75) is 70.1 Å². The van der Waals surface area contributed by atoms with Gasteiger partial charge in [0.25, 0.3) is 0 Å². The average molecular weight is 358 g/mol. The second-order valence-electron chi connectivity index (χ2n) is 8.27. The van der Waals surface area contributed by atoms with Crippen LogP contribution in [0.25, 0.3) is 0 Å². The quantitative estimate of drug-likeness (QED) is 0.865. The van der Waals surface area contributed by atoms with Crippen molar-refractivity contribution < 1.29 is 9.59 Å². The Labute approximate surface area is 155 Å². The molecule has 0 bridgehead atoms. The highest BCUT2D eigenvalue weighted by Gasteiger charge is 2.33. The van der Waals surface area contributed by atoms with Crippen molar-refractivity contribution in [3.05, 3.63) is 11.9 Å². The summed E-state index contributed by atoms with van der Waals surface area (Å²) in [5, 5.41) is 10.4. The smallest absolute Gasteiger partial charge is 0.227 e. The maximum atomic E-state index is 12.8. The summed E-state index contributed by atoms with van der Waals surface area (Å²) in [6, 6.07) is 0. The first kappa shape index (κ1) is 17.6. The molecule has 3 aliphatic rings. The highest BCUT2D eigenvalue weighted by Crippen LogP contribution is 2.34. The van der Waals surface area contributed by atoms with Gasteiger partial charge in [0.05, 0.1) is 17.6 Å². The lowest BCUT2D eigenvalue weighted by Crippen LogP contribution is -2.42. The van der Waals surface area contributed by atoms with E-state index in [9.17, 15) is 9.59 Å². The summed E-state index contributed by atoms with van der Waals surface area (Å²) in [6.45, 7) is 1.60. The summed E-state index contributed by atoms with van der Waals surface area (Å²) in [5.41, 5.74) is 1.79. The topological polar surface area (TPSA) is 78.1 Å². The van der Waals surface area contributed by atoms with Gasteiger partial charge < -0.3 is 10.2 Å². The summed E-state index contributed by atoms with van der Waals surface area (Å²) in [7, 11) is 0. The predicted molar refractivity (Wildman–Crippen MR) is 99.7 cm³/mol. The lowest BCUT2D eigenvalue weighted by Gasteiger charge is -2.34. The first-order valence-electron chi connectivity index (χ1n) is 10.4. The molecule has 1 aliphatic heterocycles. The van der Waals surface area contributed by atoms with Crippen LogP contribution in [-0.4, -0.2) is 40.0 Å². The highest BCUT2D eigenvalue weighted by molar-refractivity contribution is 5.93. The number of hydrogen-bond acceptors (Lipinski definition) is 3. The van der Waals surface area contributed by atoms with Gasteiger partial charge in [-0.1, -0.05) is 25.7 Å². The van der Waals surface area contributed by atoms with Crippen LogP contribution < -0.4 is 5.32 Å². The first-order valence-corrected chi connectivity index (χ1v) is 10.4. The van der Waals surface area contributed by atoms with Crippen LogP contribution in [0.2, 0.25) is 0 Å². The lowest BCUT2D eigenvalue weighted by molar-refractivity contribution is -0.136. The molecule has 4 rings (SSSR count). The minimum Gasteiger partial charge on any atom is -0.342 e. The van der Waals surface area contributed by atoms with Crippen molar-refractivity contribution in [1.82, 2.24) is 15.1 Å². The molecule has 2 aliphatic carbocycles. The Morgan fingerprint density at radius 2 is 1.69 bits per heavy atom. The van der Waals surface area contributed by atoms with Crippen molar-refractivity contribution in [3.63, 3.8) is 0 Å². The van der Waals surface area contributed by atoms with E-state index in [4.69, 9.17) is 0 Å². The molecule has 3 fully saturated rings. The molecule has 0 spiro atoms. The first-order chi connectivity index (χ1) is 12.7. The van der Waals surface area contributed by atoms with Crippen molar-refractivity contribution in [2.75, 3.05) is 18.4 Å². The normalized spacial score (nSPS) is 24.9. The van der Waals surface area contributed by atoms with Gasteiger partial charge >= 0.3 is 0 Å². The Bertz CT molecular complexity index is 644. The molecule has 1 aromatic heterocycles. The number of carbonyl (C=O) groups is 2. The Morgan fingerprint density at radius 3 is 2.42 bits per heavy atom. The molecule has 2 heterocycles. The van der Waals surface area contributed by atoms with E-state index >= 15 is 0 Å². The molecular formula is C20H30N4O2. The molecule has 1 atom stereocenters. The van der Waals surface area contributed by atoms with Crippen LogP contribution in [-0.2, 0) is 9.59 Å². The molecule has 6 heteroatoms.